The Morgan fingerprint density at radius 1 is 1.36 bits per heavy atom. The highest BCUT2D eigenvalue weighted by Crippen LogP contribution is 2.30. The van der Waals surface area contributed by atoms with E-state index in [0.717, 1.165) is 0 Å². The van der Waals surface area contributed by atoms with Gasteiger partial charge in [0.05, 0.1) is 11.9 Å². The lowest BCUT2D eigenvalue weighted by Crippen LogP contribution is -2.45. The second-order valence-corrected chi connectivity index (χ2v) is 8.02. The molecule has 1 fully saturated rings. The first-order valence-electron chi connectivity index (χ1n) is 8.27. The van der Waals surface area contributed by atoms with E-state index in [2.05, 4.69) is 9.71 Å². The zero-order chi connectivity index (χ0) is 18.0. The zero-order valence-corrected chi connectivity index (χ0v) is 14.8. The van der Waals surface area contributed by atoms with Gasteiger partial charge >= 0.3 is 5.82 Å². The summed E-state index contributed by atoms with van der Waals surface area (Å²) in [5.74, 6) is 0.400. The Morgan fingerprint density at radius 2 is 2.08 bits per heavy atom. The van der Waals surface area contributed by atoms with Crippen LogP contribution in [0.2, 0.25) is 0 Å². The second kappa shape index (κ2) is 6.96. The molecule has 1 aliphatic heterocycles. The maximum absolute atomic E-state index is 11.9. The van der Waals surface area contributed by atoms with Gasteiger partial charge in [0.1, 0.15) is 0 Å². The molecule has 10 heteroatoms. The minimum atomic E-state index is -3.25. The highest BCUT2D eigenvalue weighted by molar-refractivity contribution is 7.89. The Kier molecular flexibility index (Phi) is 4.91. The molecule has 9 nitrogen and oxygen atoms in total. The quantitative estimate of drug-likeness (QED) is 0.612. The number of imidazole rings is 1. The summed E-state index contributed by atoms with van der Waals surface area (Å²) in [5.41, 5.74) is 0.523. The number of aromatic nitrogens is 2. The van der Waals surface area contributed by atoms with Crippen molar-refractivity contribution >= 4 is 27.3 Å². The van der Waals surface area contributed by atoms with E-state index < -0.39 is 14.9 Å². The van der Waals surface area contributed by atoms with Crippen LogP contribution in [0.15, 0.2) is 24.4 Å². The third kappa shape index (κ3) is 3.74. The molecule has 25 heavy (non-hydrogen) atoms. The molecular weight excluding hydrogens is 346 g/mol. The molecule has 136 valence electrons. The summed E-state index contributed by atoms with van der Waals surface area (Å²) in [7, 11) is -3.25. The van der Waals surface area contributed by atoms with Gasteiger partial charge in [-0.1, -0.05) is 13.0 Å². The number of fused-ring (bicyclic) bond motifs is 1. The van der Waals surface area contributed by atoms with Crippen LogP contribution in [0, 0.1) is 10.1 Å². The number of nitrogens with one attached hydrogen (secondary N) is 1. The molecule has 1 aliphatic rings. The van der Waals surface area contributed by atoms with E-state index in [1.54, 1.807) is 24.4 Å². The fourth-order valence-corrected chi connectivity index (χ4v) is 4.54. The van der Waals surface area contributed by atoms with Crippen molar-refractivity contribution < 1.29 is 13.3 Å². The summed E-state index contributed by atoms with van der Waals surface area (Å²) in [5, 5.41) is 11.5. The van der Waals surface area contributed by atoms with E-state index in [1.807, 2.05) is 11.8 Å². The standard InChI is InChI=1S/C15H21N5O4S/c1-2-11-25(23,24)17-12-6-9-18(10-7-12)14-15(20(21)22)19-8-4-3-5-13(19)16-14/h3-5,8,12,17H,2,6-7,9-11H2,1H3. The summed E-state index contributed by atoms with van der Waals surface area (Å²) in [6.07, 6.45) is 3.37. The van der Waals surface area contributed by atoms with E-state index in [1.165, 1.54) is 4.40 Å². The topological polar surface area (TPSA) is 110 Å². The van der Waals surface area contributed by atoms with E-state index in [4.69, 9.17) is 0 Å². The molecule has 3 rings (SSSR count). The van der Waals surface area contributed by atoms with Gasteiger partial charge in [-0.05, 0) is 30.3 Å². The Morgan fingerprint density at radius 3 is 2.72 bits per heavy atom. The maximum Gasteiger partial charge on any atom is 0.372 e. The Balaban J connectivity index is 1.76. The lowest BCUT2D eigenvalue weighted by Gasteiger charge is -2.31. The maximum atomic E-state index is 11.9. The fourth-order valence-electron chi connectivity index (χ4n) is 3.14. The van der Waals surface area contributed by atoms with Gasteiger partial charge in [-0.2, -0.15) is 9.38 Å². The van der Waals surface area contributed by atoms with Gasteiger partial charge in [0.2, 0.25) is 21.5 Å². The van der Waals surface area contributed by atoms with Crippen LogP contribution >= 0.6 is 0 Å². The molecule has 0 amide bonds. The predicted molar refractivity (Wildman–Crippen MR) is 94.3 cm³/mol. The van der Waals surface area contributed by atoms with Crippen molar-refractivity contribution in [3.63, 3.8) is 0 Å². The van der Waals surface area contributed by atoms with Crippen LogP contribution in [0.1, 0.15) is 26.2 Å². The Hall–Kier alpha value is -2.20. The van der Waals surface area contributed by atoms with E-state index in [9.17, 15) is 18.5 Å². The van der Waals surface area contributed by atoms with Gasteiger partial charge in [-0.15, -0.1) is 0 Å². The Labute approximate surface area is 145 Å². The molecule has 0 bridgehead atoms. The van der Waals surface area contributed by atoms with Crippen molar-refractivity contribution in [1.29, 1.82) is 0 Å². The molecule has 0 aromatic carbocycles. The van der Waals surface area contributed by atoms with Crippen molar-refractivity contribution in [3.05, 3.63) is 34.5 Å². The molecule has 0 radical (unpaired) electrons. The third-order valence-corrected chi connectivity index (χ3v) is 5.91. The highest BCUT2D eigenvalue weighted by atomic mass is 32.2. The first-order chi connectivity index (χ1) is 11.9. The SMILES string of the molecule is CCCS(=O)(=O)NC1CCN(c2nc3ccccn3c2[N+](=O)[O-])CC1. The first-order valence-corrected chi connectivity index (χ1v) is 9.93. The number of rotatable bonds is 6. The largest absolute Gasteiger partial charge is 0.372 e. The number of sulfonamides is 1. The minimum absolute atomic E-state index is 0.0550. The van der Waals surface area contributed by atoms with Gasteiger partial charge in [-0.25, -0.2) is 13.1 Å². The molecular formula is C15H21N5O4S. The van der Waals surface area contributed by atoms with Gasteiger partial charge in [0, 0.05) is 25.2 Å². The monoisotopic (exact) mass is 367 g/mol. The summed E-state index contributed by atoms with van der Waals surface area (Å²) in [4.78, 5) is 17.3. The molecule has 2 aromatic heterocycles. The summed E-state index contributed by atoms with van der Waals surface area (Å²) < 4.78 is 27.9. The van der Waals surface area contributed by atoms with E-state index in [-0.39, 0.29) is 17.6 Å². The highest BCUT2D eigenvalue weighted by Gasteiger charge is 2.30. The van der Waals surface area contributed by atoms with Crippen LogP contribution in [0.5, 0.6) is 0 Å². The van der Waals surface area contributed by atoms with Crippen LogP contribution in [-0.4, -0.2) is 47.6 Å². The van der Waals surface area contributed by atoms with Crippen molar-refractivity contribution in [2.24, 2.45) is 0 Å². The summed E-state index contributed by atoms with van der Waals surface area (Å²) in [6.45, 7) is 2.86. The smallest absolute Gasteiger partial charge is 0.358 e. The molecule has 0 aliphatic carbocycles. The molecule has 1 N–H and O–H groups in total. The van der Waals surface area contributed by atoms with Crippen LogP contribution in [0.3, 0.4) is 0 Å². The van der Waals surface area contributed by atoms with Crippen molar-refractivity contribution in [3.8, 4) is 0 Å². The number of hydrogen-bond acceptors (Lipinski definition) is 6. The zero-order valence-electron chi connectivity index (χ0n) is 14.0. The predicted octanol–water partition coefficient (Wildman–Crippen LogP) is 1.54. The van der Waals surface area contributed by atoms with Crippen LogP contribution in [0.25, 0.3) is 5.65 Å². The fraction of sp³-hybridized carbons (Fsp3) is 0.533. The molecule has 0 unspecified atom stereocenters. The molecule has 3 heterocycles. The Bertz CT molecular complexity index is 871. The van der Waals surface area contributed by atoms with Crippen LogP contribution in [-0.2, 0) is 10.0 Å². The lowest BCUT2D eigenvalue weighted by atomic mass is 10.1. The van der Waals surface area contributed by atoms with Crippen molar-refractivity contribution in [2.45, 2.75) is 32.2 Å². The number of hydrogen-bond donors (Lipinski definition) is 1. The lowest BCUT2D eigenvalue weighted by molar-refractivity contribution is -0.389. The number of nitrogens with zero attached hydrogens (tertiary/aromatic N) is 4. The van der Waals surface area contributed by atoms with Crippen LogP contribution in [0.4, 0.5) is 11.6 Å². The van der Waals surface area contributed by atoms with Crippen molar-refractivity contribution in [1.82, 2.24) is 14.1 Å². The third-order valence-electron chi connectivity index (χ3n) is 4.27. The van der Waals surface area contributed by atoms with Gasteiger partial charge in [0.15, 0.2) is 0 Å². The van der Waals surface area contributed by atoms with Gasteiger partial charge in [-0.3, -0.25) is 0 Å². The number of anilines is 1. The number of pyridine rings is 1. The van der Waals surface area contributed by atoms with Gasteiger partial charge in [0.25, 0.3) is 0 Å². The number of piperidine rings is 1. The second-order valence-electron chi connectivity index (χ2n) is 6.14. The normalized spacial score (nSPS) is 16.4. The van der Waals surface area contributed by atoms with Crippen LogP contribution < -0.4 is 9.62 Å². The van der Waals surface area contributed by atoms with Gasteiger partial charge < -0.3 is 15.0 Å². The molecule has 0 spiro atoms. The summed E-state index contributed by atoms with van der Waals surface area (Å²) in [6, 6.07) is 5.09. The number of nitro groups is 1. The van der Waals surface area contributed by atoms with E-state index in [0.29, 0.717) is 43.8 Å². The molecule has 2 aromatic rings. The molecule has 0 atom stereocenters. The average molecular weight is 367 g/mol. The van der Waals surface area contributed by atoms with Crippen molar-refractivity contribution in [2.75, 3.05) is 23.7 Å². The average Bonchev–Trinajstić information content (AvgIpc) is 2.94. The molecule has 1 saturated heterocycles. The van der Waals surface area contributed by atoms with E-state index >= 15 is 0 Å². The molecule has 0 saturated carbocycles. The summed E-state index contributed by atoms with van der Waals surface area (Å²) >= 11 is 0. The minimum Gasteiger partial charge on any atom is -0.358 e. The first kappa shape index (κ1) is 17.6.